The zero-order valence-corrected chi connectivity index (χ0v) is 15.9. The fraction of sp³-hybridized carbons (Fsp3) is 0.476. The summed E-state index contributed by atoms with van der Waals surface area (Å²) in [6.45, 7) is 5.88. The van der Waals surface area contributed by atoms with Gasteiger partial charge in [0.2, 0.25) is 0 Å². The average molecular weight is 360 g/mol. The number of carbonyl (C=O) groups is 3. The van der Waals surface area contributed by atoms with Gasteiger partial charge in [0.15, 0.2) is 5.78 Å². The van der Waals surface area contributed by atoms with Crippen LogP contribution in [0.5, 0.6) is 0 Å². The SMILES string of the molecule is CCCCC/C(CC(=O)OCC)=C(\C(=O)OCC)C(=O)c1ccccc1. The summed E-state index contributed by atoms with van der Waals surface area (Å²) in [4.78, 5) is 37.5. The van der Waals surface area contributed by atoms with E-state index in [9.17, 15) is 14.4 Å². The Kier molecular flexibility index (Phi) is 9.98. The van der Waals surface area contributed by atoms with Crippen LogP contribution in [-0.4, -0.2) is 30.9 Å². The molecule has 1 aromatic carbocycles. The molecule has 142 valence electrons. The van der Waals surface area contributed by atoms with Gasteiger partial charge in [-0.15, -0.1) is 0 Å². The molecule has 0 amide bonds. The van der Waals surface area contributed by atoms with Gasteiger partial charge in [-0.1, -0.05) is 50.1 Å². The fourth-order valence-corrected chi connectivity index (χ4v) is 2.61. The first-order chi connectivity index (χ1) is 12.5. The molecule has 1 aromatic rings. The van der Waals surface area contributed by atoms with Crippen LogP contribution in [0.4, 0.5) is 0 Å². The lowest BCUT2D eigenvalue weighted by Crippen LogP contribution is -2.20. The first-order valence-corrected chi connectivity index (χ1v) is 9.19. The summed E-state index contributed by atoms with van der Waals surface area (Å²) in [5, 5.41) is 0. The molecule has 26 heavy (non-hydrogen) atoms. The van der Waals surface area contributed by atoms with Gasteiger partial charge in [-0.05, 0) is 32.3 Å². The number of benzene rings is 1. The Morgan fingerprint density at radius 2 is 1.54 bits per heavy atom. The lowest BCUT2D eigenvalue weighted by atomic mass is 9.93. The summed E-state index contributed by atoms with van der Waals surface area (Å²) in [6, 6.07) is 8.56. The summed E-state index contributed by atoms with van der Waals surface area (Å²) in [5.41, 5.74) is 0.846. The molecular weight excluding hydrogens is 332 g/mol. The summed E-state index contributed by atoms with van der Waals surface area (Å²) < 4.78 is 10.1. The van der Waals surface area contributed by atoms with Crippen LogP contribution >= 0.6 is 0 Å². The van der Waals surface area contributed by atoms with Crippen molar-refractivity contribution in [3.05, 3.63) is 47.0 Å². The van der Waals surface area contributed by atoms with Crippen LogP contribution < -0.4 is 0 Å². The molecule has 0 aliphatic carbocycles. The maximum atomic E-state index is 13.0. The van der Waals surface area contributed by atoms with Crippen molar-refractivity contribution >= 4 is 17.7 Å². The number of ether oxygens (including phenoxy) is 2. The predicted octanol–water partition coefficient (Wildman–Crippen LogP) is 4.26. The van der Waals surface area contributed by atoms with E-state index in [2.05, 4.69) is 6.92 Å². The molecule has 0 aliphatic heterocycles. The van der Waals surface area contributed by atoms with E-state index in [1.165, 1.54) is 0 Å². The van der Waals surface area contributed by atoms with Gasteiger partial charge in [0, 0.05) is 5.56 Å². The van der Waals surface area contributed by atoms with Crippen molar-refractivity contribution in [1.82, 2.24) is 0 Å². The molecule has 0 aromatic heterocycles. The van der Waals surface area contributed by atoms with Gasteiger partial charge in [0.05, 0.1) is 19.6 Å². The Morgan fingerprint density at radius 1 is 0.885 bits per heavy atom. The highest BCUT2D eigenvalue weighted by atomic mass is 16.5. The molecule has 5 heteroatoms. The van der Waals surface area contributed by atoms with Gasteiger partial charge in [0.1, 0.15) is 5.57 Å². The van der Waals surface area contributed by atoms with Gasteiger partial charge in [-0.25, -0.2) is 4.79 Å². The maximum Gasteiger partial charge on any atom is 0.342 e. The quantitative estimate of drug-likeness (QED) is 0.147. The van der Waals surface area contributed by atoms with E-state index in [0.29, 0.717) is 17.6 Å². The number of rotatable bonds is 11. The topological polar surface area (TPSA) is 69.7 Å². The van der Waals surface area contributed by atoms with E-state index in [4.69, 9.17) is 9.47 Å². The third kappa shape index (κ3) is 6.82. The number of carbonyl (C=O) groups excluding carboxylic acids is 3. The van der Waals surface area contributed by atoms with E-state index in [1.54, 1.807) is 44.2 Å². The summed E-state index contributed by atoms with van der Waals surface area (Å²) in [6.07, 6.45) is 3.13. The van der Waals surface area contributed by atoms with Crippen molar-refractivity contribution in [2.75, 3.05) is 13.2 Å². The Labute approximate surface area is 155 Å². The summed E-state index contributed by atoms with van der Waals surface area (Å²) in [5.74, 6) is -1.54. The Bertz CT molecular complexity index is 631. The van der Waals surface area contributed by atoms with Crippen LogP contribution in [0, 0.1) is 0 Å². The molecule has 0 bridgehead atoms. The zero-order chi connectivity index (χ0) is 19.4. The second-order valence-corrected chi connectivity index (χ2v) is 5.83. The number of Topliss-reactive ketones (excluding diaryl/α,β-unsaturated/α-hetero) is 1. The van der Waals surface area contributed by atoms with Crippen LogP contribution in [0.15, 0.2) is 41.5 Å². The molecular formula is C21H28O5. The molecule has 0 atom stereocenters. The van der Waals surface area contributed by atoms with Gasteiger partial charge in [0.25, 0.3) is 0 Å². The molecule has 0 unspecified atom stereocenters. The van der Waals surface area contributed by atoms with Gasteiger partial charge in [-0.3, -0.25) is 9.59 Å². The molecule has 5 nitrogen and oxygen atoms in total. The van der Waals surface area contributed by atoms with Crippen molar-refractivity contribution in [1.29, 1.82) is 0 Å². The molecule has 0 radical (unpaired) electrons. The fourth-order valence-electron chi connectivity index (χ4n) is 2.61. The zero-order valence-electron chi connectivity index (χ0n) is 15.9. The number of ketones is 1. The average Bonchev–Trinajstić information content (AvgIpc) is 2.63. The molecule has 0 N–H and O–H groups in total. The van der Waals surface area contributed by atoms with Crippen LogP contribution in [0.2, 0.25) is 0 Å². The van der Waals surface area contributed by atoms with Crippen LogP contribution in [0.3, 0.4) is 0 Å². The van der Waals surface area contributed by atoms with Crippen molar-refractivity contribution < 1.29 is 23.9 Å². The van der Waals surface area contributed by atoms with Gasteiger partial charge < -0.3 is 9.47 Å². The lowest BCUT2D eigenvalue weighted by Gasteiger charge is -2.14. The first-order valence-electron chi connectivity index (χ1n) is 9.19. The van der Waals surface area contributed by atoms with Crippen LogP contribution in [0.25, 0.3) is 0 Å². The van der Waals surface area contributed by atoms with Crippen LogP contribution in [-0.2, 0) is 19.1 Å². The monoisotopic (exact) mass is 360 g/mol. The van der Waals surface area contributed by atoms with Crippen molar-refractivity contribution in [2.24, 2.45) is 0 Å². The highest BCUT2D eigenvalue weighted by Gasteiger charge is 2.26. The number of unbranched alkanes of at least 4 members (excludes halogenated alkanes) is 2. The normalized spacial score (nSPS) is 11.5. The Balaban J connectivity index is 3.31. The van der Waals surface area contributed by atoms with E-state index in [-0.39, 0.29) is 25.2 Å². The van der Waals surface area contributed by atoms with Crippen molar-refractivity contribution in [3.8, 4) is 0 Å². The summed E-state index contributed by atoms with van der Waals surface area (Å²) in [7, 11) is 0. The molecule has 1 rings (SSSR count). The van der Waals surface area contributed by atoms with E-state index in [1.807, 2.05) is 0 Å². The highest BCUT2D eigenvalue weighted by Crippen LogP contribution is 2.23. The minimum Gasteiger partial charge on any atom is -0.466 e. The van der Waals surface area contributed by atoms with Gasteiger partial charge in [-0.2, -0.15) is 0 Å². The number of esters is 2. The molecule has 0 saturated heterocycles. The third-order valence-electron chi connectivity index (χ3n) is 3.84. The molecule has 0 spiro atoms. The molecule has 0 heterocycles. The van der Waals surface area contributed by atoms with E-state index in [0.717, 1.165) is 19.3 Å². The first kappa shape index (κ1) is 21.6. The van der Waals surface area contributed by atoms with Crippen LogP contribution in [0.1, 0.15) is 63.2 Å². The standard InChI is InChI=1S/C21H28O5/c1-4-7-9-14-17(15-18(22)25-5-2)19(21(24)26-6-3)20(23)16-12-10-8-11-13-16/h8,10-13H,4-7,9,14-15H2,1-3H3/b19-17+. The smallest absolute Gasteiger partial charge is 0.342 e. The summed E-state index contributed by atoms with van der Waals surface area (Å²) >= 11 is 0. The van der Waals surface area contributed by atoms with E-state index < -0.39 is 17.7 Å². The lowest BCUT2D eigenvalue weighted by molar-refractivity contribution is -0.142. The Morgan fingerprint density at radius 3 is 2.12 bits per heavy atom. The predicted molar refractivity (Wildman–Crippen MR) is 99.8 cm³/mol. The second-order valence-electron chi connectivity index (χ2n) is 5.83. The van der Waals surface area contributed by atoms with E-state index >= 15 is 0 Å². The third-order valence-corrected chi connectivity index (χ3v) is 3.84. The maximum absolute atomic E-state index is 13.0. The molecule has 0 aliphatic rings. The minimum absolute atomic E-state index is 0.0396. The molecule has 0 fully saturated rings. The largest absolute Gasteiger partial charge is 0.466 e. The van der Waals surface area contributed by atoms with Crippen molar-refractivity contribution in [3.63, 3.8) is 0 Å². The Hall–Kier alpha value is -2.43. The molecule has 0 saturated carbocycles. The number of hydrogen-bond acceptors (Lipinski definition) is 5. The highest BCUT2D eigenvalue weighted by molar-refractivity contribution is 6.24. The second kappa shape index (κ2) is 12.0. The van der Waals surface area contributed by atoms with Gasteiger partial charge >= 0.3 is 11.9 Å². The number of hydrogen-bond donors (Lipinski definition) is 0. The van der Waals surface area contributed by atoms with Crippen molar-refractivity contribution in [2.45, 2.75) is 52.9 Å². The minimum atomic E-state index is -0.683.